The Labute approximate surface area is 112 Å². The van der Waals surface area contributed by atoms with Crippen LogP contribution < -0.4 is 4.74 Å². The first kappa shape index (κ1) is 13.6. The highest BCUT2D eigenvalue weighted by Gasteiger charge is 2.24. The van der Waals surface area contributed by atoms with Gasteiger partial charge in [0.25, 0.3) is 0 Å². The van der Waals surface area contributed by atoms with Crippen molar-refractivity contribution in [2.24, 2.45) is 7.05 Å². The SMILES string of the molecule is CCc1nn(C)cc1C(O)c1c(OC)cnn1CC. The fourth-order valence-electron chi connectivity index (χ4n) is 2.27. The predicted octanol–water partition coefficient (Wildman–Crippen LogP) is 1.29. The topological polar surface area (TPSA) is 65.1 Å². The smallest absolute Gasteiger partial charge is 0.163 e. The summed E-state index contributed by atoms with van der Waals surface area (Å²) in [5.41, 5.74) is 2.37. The monoisotopic (exact) mass is 264 g/mol. The number of rotatable bonds is 5. The van der Waals surface area contributed by atoms with E-state index in [-0.39, 0.29) is 0 Å². The van der Waals surface area contributed by atoms with Crippen molar-refractivity contribution in [3.8, 4) is 5.75 Å². The van der Waals surface area contributed by atoms with E-state index >= 15 is 0 Å². The molecule has 0 amide bonds. The summed E-state index contributed by atoms with van der Waals surface area (Å²) in [6.45, 7) is 4.68. The molecule has 0 bridgehead atoms. The zero-order valence-electron chi connectivity index (χ0n) is 11.8. The maximum atomic E-state index is 10.6. The fraction of sp³-hybridized carbons (Fsp3) is 0.538. The third kappa shape index (κ3) is 2.35. The summed E-state index contributed by atoms with van der Waals surface area (Å²) in [7, 11) is 3.43. The van der Waals surface area contributed by atoms with Crippen LogP contribution in [0.1, 0.15) is 36.9 Å². The second kappa shape index (κ2) is 5.44. The molecule has 6 heteroatoms. The molecular weight excluding hydrogens is 244 g/mol. The average Bonchev–Trinajstić information content (AvgIpc) is 3.00. The number of nitrogens with zero attached hydrogens (tertiary/aromatic N) is 4. The minimum atomic E-state index is -0.777. The normalized spacial score (nSPS) is 12.7. The van der Waals surface area contributed by atoms with E-state index in [1.54, 1.807) is 22.7 Å². The van der Waals surface area contributed by atoms with E-state index in [4.69, 9.17) is 4.74 Å². The van der Waals surface area contributed by atoms with Crippen LogP contribution in [-0.2, 0) is 20.0 Å². The van der Waals surface area contributed by atoms with E-state index < -0.39 is 6.10 Å². The number of aliphatic hydroxyl groups excluding tert-OH is 1. The predicted molar refractivity (Wildman–Crippen MR) is 71.1 cm³/mol. The molecular formula is C13H20N4O2. The van der Waals surface area contributed by atoms with Gasteiger partial charge in [0.05, 0.1) is 19.0 Å². The van der Waals surface area contributed by atoms with Gasteiger partial charge < -0.3 is 9.84 Å². The molecule has 1 unspecified atom stereocenters. The van der Waals surface area contributed by atoms with Crippen LogP contribution in [-0.4, -0.2) is 31.8 Å². The van der Waals surface area contributed by atoms with Crippen LogP contribution >= 0.6 is 0 Å². The molecule has 2 heterocycles. The van der Waals surface area contributed by atoms with Crippen molar-refractivity contribution >= 4 is 0 Å². The lowest BCUT2D eigenvalue weighted by Crippen LogP contribution is -2.11. The number of ether oxygens (including phenoxy) is 1. The van der Waals surface area contributed by atoms with Gasteiger partial charge in [-0.3, -0.25) is 9.36 Å². The minimum Gasteiger partial charge on any atom is -0.493 e. The molecule has 0 spiro atoms. The van der Waals surface area contributed by atoms with Crippen molar-refractivity contribution in [1.29, 1.82) is 0 Å². The second-order valence-electron chi connectivity index (χ2n) is 4.37. The van der Waals surface area contributed by atoms with Crippen LogP contribution in [0, 0.1) is 0 Å². The number of aromatic nitrogens is 4. The maximum absolute atomic E-state index is 10.6. The minimum absolute atomic E-state index is 0.597. The molecule has 19 heavy (non-hydrogen) atoms. The van der Waals surface area contributed by atoms with E-state index in [9.17, 15) is 5.11 Å². The zero-order valence-corrected chi connectivity index (χ0v) is 11.8. The molecule has 0 fully saturated rings. The third-order valence-corrected chi connectivity index (χ3v) is 3.19. The Morgan fingerprint density at radius 2 is 2.16 bits per heavy atom. The summed E-state index contributed by atoms with van der Waals surface area (Å²) in [5, 5.41) is 19.2. The Morgan fingerprint density at radius 1 is 1.42 bits per heavy atom. The lowest BCUT2D eigenvalue weighted by Gasteiger charge is -2.14. The second-order valence-corrected chi connectivity index (χ2v) is 4.37. The average molecular weight is 264 g/mol. The van der Waals surface area contributed by atoms with E-state index in [1.165, 1.54) is 0 Å². The van der Waals surface area contributed by atoms with Crippen molar-refractivity contribution in [2.75, 3.05) is 7.11 Å². The highest BCUT2D eigenvalue weighted by atomic mass is 16.5. The Morgan fingerprint density at radius 3 is 2.74 bits per heavy atom. The van der Waals surface area contributed by atoms with Crippen LogP contribution in [0.15, 0.2) is 12.4 Å². The maximum Gasteiger partial charge on any atom is 0.163 e. The molecule has 0 saturated heterocycles. The van der Waals surface area contributed by atoms with Gasteiger partial charge in [0.15, 0.2) is 5.75 Å². The molecule has 0 aromatic carbocycles. The Kier molecular flexibility index (Phi) is 3.90. The van der Waals surface area contributed by atoms with Crippen molar-refractivity contribution in [1.82, 2.24) is 19.6 Å². The molecule has 0 aliphatic rings. The number of hydrogen-bond acceptors (Lipinski definition) is 4. The number of aryl methyl sites for hydroxylation is 3. The van der Waals surface area contributed by atoms with Gasteiger partial charge >= 0.3 is 0 Å². The first-order chi connectivity index (χ1) is 9.12. The number of hydrogen-bond donors (Lipinski definition) is 1. The molecule has 1 atom stereocenters. The molecule has 0 aliphatic heterocycles. The van der Waals surface area contributed by atoms with Crippen LogP contribution in [0.25, 0.3) is 0 Å². The highest BCUT2D eigenvalue weighted by Crippen LogP contribution is 2.31. The summed E-state index contributed by atoms with van der Waals surface area (Å²) in [5.74, 6) is 0.597. The zero-order chi connectivity index (χ0) is 14.0. The molecule has 2 aromatic rings. The van der Waals surface area contributed by atoms with Gasteiger partial charge in [0.2, 0.25) is 0 Å². The molecule has 0 radical (unpaired) electrons. The van der Waals surface area contributed by atoms with Crippen molar-refractivity contribution < 1.29 is 9.84 Å². The molecule has 6 nitrogen and oxygen atoms in total. The molecule has 104 valence electrons. The standard InChI is InChI=1S/C13H20N4O2/c1-5-10-9(8-16(3)15-10)13(18)12-11(19-4)7-14-17(12)6-2/h7-8,13,18H,5-6H2,1-4H3. The van der Waals surface area contributed by atoms with Gasteiger partial charge in [0, 0.05) is 25.4 Å². The van der Waals surface area contributed by atoms with Gasteiger partial charge in [-0.15, -0.1) is 0 Å². The fourth-order valence-corrected chi connectivity index (χ4v) is 2.27. The molecule has 1 N–H and O–H groups in total. The number of aliphatic hydroxyl groups is 1. The quantitative estimate of drug-likeness (QED) is 0.883. The van der Waals surface area contributed by atoms with Crippen LogP contribution in [0.2, 0.25) is 0 Å². The van der Waals surface area contributed by atoms with Gasteiger partial charge in [-0.25, -0.2) is 0 Å². The molecule has 2 aromatic heterocycles. The van der Waals surface area contributed by atoms with E-state index in [1.807, 2.05) is 27.1 Å². The van der Waals surface area contributed by atoms with E-state index in [0.29, 0.717) is 18.0 Å². The summed E-state index contributed by atoms with van der Waals surface area (Å²) < 4.78 is 8.74. The Hall–Kier alpha value is -1.82. The highest BCUT2D eigenvalue weighted by molar-refractivity contribution is 5.35. The van der Waals surface area contributed by atoms with Gasteiger partial charge in [-0.05, 0) is 13.3 Å². The van der Waals surface area contributed by atoms with Crippen LogP contribution in [0.5, 0.6) is 5.75 Å². The Balaban J connectivity index is 2.48. The summed E-state index contributed by atoms with van der Waals surface area (Å²) in [6, 6.07) is 0. The number of methoxy groups -OCH3 is 1. The van der Waals surface area contributed by atoms with Gasteiger partial charge in [-0.1, -0.05) is 6.92 Å². The third-order valence-electron chi connectivity index (χ3n) is 3.19. The van der Waals surface area contributed by atoms with E-state index in [2.05, 4.69) is 10.2 Å². The first-order valence-corrected chi connectivity index (χ1v) is 6.42. The largest absolute Gasteiger partial charge is 0.493 e. The Bertz CT molecular complexity index is 537. The van der Waals surface area contributed by atoms with Gasteiger partial charge in [0.1, 0.15) is 11.8 Å². The summed E-state index contributed by atoms with van der Waals surface area (Å²) in [6.07, 6.45) is 3.47. The van der Waals surface area contributed by atoms with Crippen molar-refractivity contribution in [2.45, 2.75) is 32.9 Å². The molecule has 0 saturated carbocycles. The molecule has 2 rings (SSSR count). The molecule has 0 aliphatic carbocycles. The van der Waals surface area contributed by atoms with E-state index in [0.717, 1.165) is 17.7 Å². The lowest BCUT2D eigenvalue weighted by molar-refractivity contribution is 0.201. The summed E-state index contributed by atoms with van der Waals surface area (Å²) in [4.78, 5) is 0. The van der Waals surface area contributed by atoms with Crippen LogP contribution in [0.4, 0.5) is 0 Å². The summed E-state index contributed by atoms with van der Waals surface area (Å²) >= 11 is 0. The first-order valence-electron chi connectivity index (χ1n) is 6.42. The van der Waals surface area contributed by atoms with Crippen molar-refractivity contribution in [3.63, 3.8) is 0 Å². The lowest BCUT2D eigenvalue weighted by atomic mass is 10.1. The van der Waals surface area contributed by atoms with Gasteiger partial charge in [-0.2, -0.15) is 10.2 Å². The van der Waals surface area contributed by atoms with Crippen LogP contribution in [0.3, 0.4) is 0 Å². The van der Waals surface area contributed by atoms with Crippen molar-refractivity contribution in [3.05, 3.63) is 29.3 Å².